The van der Waals surface area contributed by atoms with E-state index in [1.807, 2.05) is 0 Å². The first kappa shape index (κ1) is 38.4. The van der Waals surface area contributed by atoms with Gasteiger partial charge in [-0.1, -0.05) is 0 Å². The summed E-state index contributed by atoms with van der Waals surface area (Å²) in [6.45, 7) is 1.94. The van der Waals surface area contributed by atoms with Crippen molar-refractivity contribution in [2.45, 2.75) is 13.8 Å². The van der Waals surface area contributed by atoms with Crippen LogP contribution in [0.3, 0.4) is 0 Å². The molecular formula is C4H6Br2Ni2O4. The first-order chi connectivity index (χ1) is 3.46. The number of rotatable bonds is 0. The van der Waals surface area contributed by atoms with Gasteiger partial charge in [-0.2, -0.15) is 0 Å². The van der Waals surface area contributed by atoms with Crippen molar-refractivity contribution in [3.8, 4) is 0 Å². The molecule has 0 amide bonds. The van der Waals surface area contributed by atoms with Crippen molar-refractivity contribution < 1.29 is 86.7 Å². The third kappa shape index (κ3) is 1350. The van der Waals surface area contributed by atoms with E-state index in [1.165, 1.54) is 0 Å². The van der Waals surface area contributed by atoms with E-state index >= 15 is 0 Å². The van der Waals surface area contributed by atoms with Gasteiger partial charge in [-0.05, 0) is 13.8 Å². The molecule has 4 nitrogen and oxygen atoms in total. The number of carbonyl (C=O) groups excluding carboxylic acids is 2. The van der Waals surface area contributed by atoms with Crippen LogP contribution in [0.5, 0.6) is 0 Å². The van der Waals surface area contributed by atoms with E-state index in [0.29, 0.717) is 0 Å². The van der Waals surface area contributed by atoms with Gasteiger partial charge in [-0.25, -0.2) is 0 Å². The van der Waals surface area contributed by atoms with Crippen molar-refractivity contribution in [3.63, 3.8) is 0 Å². The number of carbonyl (C=O) groups is 2. The second-order valence-electron chi connectivity index (χ2n) is 0.983. The summed E-state index contributed by atoms with van der Waals surface area (Å²) in [6, 6.07) is 0. The zero-order valence-corrected chi connectivity index (χ0v) is 11.2. The Hall–Kier alpha value is 0.887. The summed E-state index contributed by atoms with van der Waals surface area (Å²) in [5, 5.41) is 17.8. The smallest absolute Gasteiger partial charge is 1.00 e. The molecule has 0 aliphatic heterocycles. The minimum absolute atomic E-state index is 0. The second kappa shape index (κ2) is 29.7. The first-order valence-electron chi connectivity index (χ1n) is 1.82. The Balaban J connectivity index is -0.0000000112. The normalized spacial score (nSPS) is 4.17. The number of carboxylic acid groups (broad SMARTS) is 2. The third-order valence-corrected chi connectivity index (χ3v) is 0. The predicted molar refractivity (Wildman–Crippen MR) is 21.4 cm³/mol. The molecule has 80 valence electrons. The maximum atomic E-state index is 8.89. The van der Waals surface area contributed by atoms with Crippen LogP contribution >= 0.6 is 0 Å². The number of aliphatic carboxylic acids is 2. The molecular weight excluding hydrogens is 389 g/mol. The minimum atomic E-state index is -1.08. The summed E-state index contributed by atoms with van der Waals surface area (Å²) in [7, 11) is 0. The molecule has 0 bridgehead atoms. The summed E-state index contributed by atoms with van der Waals surface area (Å²) >= 11 is 0. The Morgan fingerprint density at radius 3 is 0.833 bits per heavy atom. The van der Waals surface area contributed by atoms with Crippen molar-refractivity contribution in [3.05, 3.63) is 0 Å². The van der Waals surface area contributed by atoms with Gasteiger partial charge in [-0.3, -0.25) is 0 Å². The molecule has 0 saturated carbocycles. The van der Waals surface area contributed by atoms with Gasteiger partial charge in [0.05, 0.1) is 0 Å². The standard InChI is InChI=1S/2C2H4O2.2BrH.2Ni/c2*1-2(3)4;;;;/h2*1H3,(H,3,4);2*1H;;/q;;;;2*+2/p-4. The van der Waals surface area contributed by atoms with Crippen molar-refractivity contribution in [1.82, 2.24) is 0 Å². The zero-order valence-electron chi connectivity index (χ0n) is 6.02. The van der Waals surface area contributed by atoms with Crippen molar-refractivity contribution in [1.29, 1.82) is 0 Å². The number of hydrogen-bond donors (Lipinski definition) is 0. The molecule has 0 radical (unpaired) electrons. The van der Waals surface area contributed by atoms with E-state index < -0.39 is 11.9 Å². The van der Waals surface area contributed by atoms with Gasteiger partial charge in [0, 0.05) is 11.9 Å². The Morgan fingerprint density at radius 1 is 0.833 bits per heavy atom. The Labute approximate surface area is 112 Å². The van der Waals surface area contributed by atoms with Crippen LogP contribution in [-0.4, -0.2) is 11.9 Å². The van der Waals surface area contributed by atoms with E-state index in [4.69, 9.17) is 19.8 Å². The molecule has 0 unspecified atom stereocenters. The fourth-order valence-electron chi connectivity index (χ4n) is 0. The summed E-state index contributed by atoms with van der Waals surface area (Å²) in [5.74, 6) is -2.17. The van der Waals surface area contributed by atoms with Gasteiger partial charge in [0.2, 0.25) is 0 Å². The van der Waals surface area contributed by atoms with Crippen LogP contribution in [0, 0.1) is 0 Å². The molecule has 0 aromatic rings. The summed E-state index contributed by atoms with van der Waals surface area (Å²) < 4.78 is 0. The van der Waals surface area contributed by atoms with Gasteiger partial charge >= 0.3 is 33.0 Å². The average molecular weight is 395 g/mol. The molecule has 0 atom stereocenters. The monoisotopic (exact) mass is 392 g/mol. The Morgan fingerprint density at radius 2 is 0.833 bits per heavy atom. The molecule has 0 aliphatic carbocycles. The van der Waals surface area contributed by atoms with E-state index in [2.05, 4.69) is 0 Å². The molecule has 8 heteroatoms. The summed E-state index contributed by atoms with van der Waals surface area (Å²) in [4.78, 5) is 17.8. The van der Waals surface area contributed by atoms with Crippen LogP contribution in [0.25, 0.3) is 0 Å². The van der Waals surface area contributed by atoms with E-state index in [1.54, 1.807) is 0 Å². The summed E-state index contributed by atoms with van der Waals surface area (Å²) in [5.41, 5.74) is 0. The van der Waals surface area contributed by atoms with E-state index in [9.17, 15) is 0 Å². The van der Waals surface area contributed by atoms with Crippen LogP contribution < -0.4 is 44.2 Å². The van der Waals surface area contributed by atoms with Gasteiger partial charge in [-0.15, -0.1) is 0 Å². The molecule has 0 aliphatic rings. The third-order valence-electron chi connectivity index (χ3n) is 0. The van der Waals surface area contributed by atoms with Gasteiger partial charge in [0.15, 0.2) is 0 Å². The Kier molecular flexibility index (Phi) is 95.0. The fraction of sp³-hybridized carbons (Fsp3) is 0.500. The second-order valence-corrected chi connectivity index (χ2v) is 0.983. The quantitative estimate of drug-likeness (QED) is 0.382. The predicted octanol–water partition coefficient (Wildman–Crippen LogP) is -8.48. The number of carboxylic acids is 2. The molecule has 0 heterocycles. The van der Waals surface area contributed by atoms with Crippen molar-refractivity contribution in [2.24, 2.45) is 0 Å². The van der Waals surface area contributed by atoms with Crippen LogP contribution in [0.2, 0.25) is 0 Å². The fourth-order valence-corrected chi connectivity index (χ4v) is 0. The molecule has 0 saturated heterocycles. The SMILES string of the molecule is CC(=O)[O-].CC(=O)[O-].[Br-].[Br-].[Ni+2].[Ni+2]. The van der Waals surface area contributed by atoms with Crippen LogP contribution in [0.4, 0.5) is 0 Å². The number of hydrogen-bond acceptors (Lipinski definition) is 4. The number of halogens is 2. The molecule has 0 aromatic carbocycles. The van der Waals surface area contributed by atoms with Gasteiger partial charge < -0.3 is 53.8 Å². The molecule has 0 spiro atoms. The van der Waals surface area contributed by atoms with Gasteiger partial charge in [0.25, 0.3) is 0 Å². The van der Waals surface area contributed by atoms with Crippen molar-refractivity contribution >= 4 is 11.9 Å². The first-order valence-corrected chi connectivity index (χ1v) is 1.82. The average Bonchev–Trinajstić information content (AvgIpc) is 1.25. The molecule has 0 rings (SSSR count). The van der Waals surface area contributed by atoms with E-state index in [0.717, 1.165) is 13.8 Å². The maximum absolute atomic E-state index is 8.89. The molecule has 0 aromatic heterocycles. The van der Waals surface area contributed by atoms with Crippen molar-refractivity contribution in [2.75, 3.05) is 0 Å². The van der Waals surface area contributed by atoms with Crippen LogP contribution in [-0.2, 0) is 42.6 Å². The maximum Gasteiger partial charge on any atom is 2.00 e. The van der Waals surface area contributed by atoms with E-state index in [-0.39, 0.29) is 66.9 Å². The Bertz CT molecular complexity index is 81.1. The molecule has 0 N–H and O–H groups in total. The van der Waals surface area contributed by atoms with Crippen LogP contribution in [0.1, 0.15) is 13.8 Å². The minimum Gasteiger partial charge on any atom is -1.00 e. The largest absolute Gasteiger partial charge is 2.00 e. The van der Waals surface area contributed by atoms with Crippen LogP contribution in [0.15, 0.2) is 0 Å². The topological polar surface area (TPSA) is 80.3 Å². The molecule has 0 fully saturated rings. The molecule has 12 heavy (non-hydrogen) atoms. The van der Waals surface area contributed by atoms with Gasteiger partial charge in [0.1, 0.15) is 0 Å². The zero-order chi connectivity index (χ0) is 7.15. The summed E-state index contributed by atoms with van der Waals surface area (Å²) in [6.07, 6.45) is 0.